The molecule has 0 spiro atoms. The van der Waals surface area contributed by atoms with Gasteiger partial charge < -0.3 is 11.1 Å². The Balaban J connectivity index is 2.21. The number of amides is 1. The summed E-state index contributed by atoms with van der Waals surface area (Å²) in [6.07, 6.45) is 1.52. The Morgan fingerprint density at radius 3 is 2.94 bits per heavy atom. The first-order valence-corrected chi connectivity index (χ1v) is 5.40. The lowest BCUT2D eigenvalue weighted by molar-refractivity contribution is 0.102. The number of rotatable bonds is 2. The summed E-state index contributed by atoms with van der Waals surface area (Å²) in [4.78, 5) is 11.8. The summed E-state index contributed by atoms with van der Waals surface area (Å²) >= 11 is 0. The molecule has 1 amide bonds. The number of hydrogen-bond donors (Lipinski definition) is 3. The largest absolute Gasteiger partial charge is 0.320 e. The van der Waals surface area contributed by atoms with Crippen LogP contribution in [0.1, 0.15) is 16.1 Å². The van der Waals surface area contributed by atoms with Gasteiger partial charge >= 0.3 is 0 Å². The van der Waals surface area contributed by atoms with E-state index in [0.717, 1.165) is 5.56 Å². The molecule has 0 saturated carbocycles. The molecular formula is C13H12N4O. The van der Waals surface area contributed by atoms with Gasteiger partial charge in [-0.3, -0.25) is 9.89 Å². The van der Waals surface area contributed by atoms with Crippen molar-refractivity contribution in [2.75, 3.05) is 11.9 Å². The molecule has 2 rings (SSSR count). The van der Waals surface area contributed by atoms with E-state index < -0.39 is 0 Å². The summed E-state index contributed by atoms with van der Waals surface area (Å²) in [5.74, 6) is 5.41. The van der Waals surface area contributed by atoms with Crippen LogP contribution in [0.4, 0.5) is 5.69 Å². The first-order valence-electron chi connectivity index (χ1n) is 5.40. The Labute approximate surface area is 104 Å². The van der Waals surface area contributed by atoms with Gasteiger partial charge in [0.25, 0.3) is 5.91 Å². The van der Waals surface area contributed by atoms with Crippen molar-refractivity contribution in [3.05, 3.63) is 47.8 Å². The minimum Gasteiger partial charge on any atom is -0.320 e. The summed E-state index contributed by atoms with van der Waals surface area (Å²) in [7, 11) is 0. The number of nitrogens with two attached hydrogens (primary N) is 1. The van der Waals surface area contributed by atoms with Gasteiger partial charge in [-0.1, -0.05) is 24.0 Å². The Bertz CT molecular complexity index is 593. The third kappa shape index (κ3) is 2.75. The van der Waals surface area contributed by atoms with Crippen molar-refractivity contribution < 1.29 is 4.79 Å². The van der Waals surface area contributed by atoms with E-state index in [0.29, 0.717) is 11.4 Å². The number of aromatic amines is 1. The van der Waals surface area contributed by atoms with E-state index in [2.05, 4.69) is 27.4 Å². The molecule has 1 heterocycles. The predicted octanol–water partition coefficient (Wildman–Crippen LogP) is 0.972. The average molecular weight is 240 g/mol. The number of carbonyl (C=O) groups excluding carboxylic acids is 1. The van der Waals surface area contributed by atoms with E-state index in [1.807, 2.05) is 18.2 Å². The molecular weight excluding hydrogens is 228 g/mol. The van der Waals surface area contributed by atoms with Gasteiger partial charge in [0, 0.05) is 11.8 Å². The third-order valence-corrected chi connectivity index (χ3v) is 2.25. The van der Waals surface area contributed by atoms with Gasteiger partial charge in [0.05, 0.1) is 12.2 Å². The number of H-pyrrole nitrogens is 1. The van der Waals surface area contributed by atoms with Crippen molar-refractivity contribution in [2.45, 2.75) is 0 Å². The molecule has 18 heavy (non-hydrogen) atoms. The second-order valence-electron chi connectivity index (χ2n) is 3.48. The van der Waals surface area contributed by atoms with E-state index >= 15 is 0 Å². The number of hydrogen-bond acceptors (Lipinski definition) is 3. The molecule has 1 aromatic heterocycles. The Kier molecular flexibility index (Phi) is 3.74. The Morgan fingerprint density at radius 2 is 2.22 bits per heavy atom. The zero-order chi connectivity index (χ0) is 12.8. The number of benzene rings is 1. The van der Waals surface area contributed by atoms with E-state index in [1.54, 1.807) is 12.1 Å². The lowest BCUT2D eigenvalue weighted by Gasteiger charge is -2.05. The number of aromatic nitrogens is 2. The lowest BCUT2D eigenvalue weighted by atomic mass is 10.2. The van der Waals surface area contributed by atoms with Crippen molar-refractivity contribution in [2.24, 2.45) is 5.73 Å². The number of nitrogens with zero attached hydrogens (tertiary/aromatic N) is 1. The number of carbonyl (C=O) groups is 1. The van der Waals surface area contributed by atoms with Crippen molar-refractivity contribution in [1.82, 2.24) is 10.2 Å². The van der Waals surface area contributed by atoms with Gasteiger partial charge in [0.15, 0.2) is 0 Å². The molecule has 0 bridgehead atoms. The number of nitrogens with one attached hydrogen (secondary N) is 2. The quantitative estimate of drug-likeness (QED) is 0.684. The van der Waals surface area contributed by atoms with Crippen molar-refractivity contribution in [3.63, 3.8) is 0 Å². The van der Waals surface area contributed by atoms with Crippen LogP contribution in [0.3, 0.4) is 0 Å². The summed E-state index contributed by atoms with van der Waals surface area (Å²) in [5.41, 5.74) is 7.11. The second kappa shape index (κ2) is 5.66. The molecule has 1 aromatic carbocycles. The maximum atomic E-state index is 11.8. The molecule has 90 valence electrons. The van der Waals surface area contributed by atoms with E-state index in [-0.39, 0.29) is 12.5 Å². The highest BCUT2D eigenvalue weighted by molar-refractivity contribution is 6.03. The fraction of sp³-hybridized carbons (Fsp3) is 0.0769. The van der Waals surface area contributed by atoms with Crippen LogP contribution in [-0.4, -0.2) is 22.6 Å². The van der Waals surface area contributed by atoms with Crippen LogP contribution in [0.5, 0.6) is 0 Å². The van der Waals surface area contributed by atoms with E-state index in [1.165, 1.54) is 6.20 Å². The summed E-state index contributed by atoms with van der Waals surface area (Å²) in [6.45, 7) is 0.281. The summed E-state index contributed by atoms with van der Waals surface area (Å²) in [6, 6.07) is 8.89. The first-order chi connectivity index (χ1) is 8.81. The molecule has 0 saturated heterocycles. The lowest BCUT2D eigenvalue weighted by Crippen LogP contribution is -2.13. The van der Waals surface area contributed by atoms with Crippen molar-refractivity contribution >= 4 is 11.6 Å². The fourth-order valence-corrected chi connectivity index (χ4v) is 1.42. The summed E-state index contributed by atoms with van der Waals surface area (Å²) < 4.78 is 0. The smallest absolute Gasteiger partial charge is 0.273 e. The van der Waals surface area contributed by atoms with E-state index in [9.17, 15) is 4.79 Å². The number of anilines is 1. The van der Waals surface area contributed by atoms with Crippen LogP contribution in [0, 0.1) is 11.8 Å². The van der Waals surface area contributed by atoms with Gasteiger partial charge in [0.1, 0.15) is 5.69 Å². The van der Waals surface area contributed by atoms with E-state index in [4.69, 9.17) is 5.73 Å². The van der Waals surface area contributed by atoms with Gasteiger partial charge in [-0.15, -0.1) is 0 Å². The average Bonchev–Trinajstić information content (AvgIpc) is 2.91. The molecule has 4 N–H and O–H groups in total. The molecule has 0 aliphatic carbocycles. The molecule has 0 aliphatic rings. The monoisotopic (exact) mass is 240 g/mol. The Hall–Kier alpha value is -2.58. The minimum absolute atomic E-state index is 0.255. The van der Waals surface area contributed by atoms with Gasteiger partial charge in [-0.05, 0) is 18.2 Å². The van der Waals surface area contributed by atoms with Crippen LogP contribution in [0.15, 0.2) is 36.5 Å². The highest BCUT2D eigenvalue weighted by Crippen LogP contribution is 2.14. The topological polar surface area (TPSA) is 83.8 Å². The maximum Gasteiger partial charge on any atom is 0.273 e. The fourth-order valence-electron chi connectivity index (χ4n) is 1.42. The van der Waals surface area contributed by atoms with Crippen LogP contribution in [-0.2, 0) is 0 Å². The molecule has 5 heteroatoms. The molecule has 0 fully saturated rings. The maximum absolute atomic E-state index is 11.8. The molecule has 0 unspecified atom stereocenters. The molecule has 0 atom stereocenters. The second-order valence-corrected chi connectivity index (χ2v) is 3.48. The molecule has 5 nitrogen and oxygen atoms in total. The first kappa shape index (κ1) is 11.9. The van der Waals surface area contributed by atoms with Crippen LogP contribution in [0.25, 0.3) is 0 Å². The highest BCUT2D eigenvalue weighted by atomic mass is 16.1. The van der Waals surface area contributed by atoms with Crippen LogP contribution in [0.2, 0.25) is 0 Å². The van der Waals surface area contributed by atoms with Gasteiger partial charge in [-0.2, -0.15) is 5.10 Å². The predicted molar refractivity (Wildman–Crippen MR) is 68.9 cm³/mol. The zero-order valence-electron chi connectivity index (χ0n) is 9.60. The third-order valence-electron chi connectivity index (χ3n) is 2.25. The Morgan fingerprint density at radius 1 is 1.39 bits per heavy atom. The van der Waals surface area contributed by atoms with Gasteiger partial charge in [-0.25, -0.2) is 0 Å². The van der Waals surface area contributed by atoms with Crippen LogP contribution < -0.4 is 11.1 Å². The minimum atomic E-state index is -0.255. The highest BCUT2D eigenvalue weighted by Gasteiger charge is 2.08. The van der Waals surface area contributed by atoms with Crippen molar-refractivity contribution in [3.8, 4) is 11.8 Å². The summed E-state index contributed by atoms with van der Waals surface area (Å²) in [5, 5.41) is 9.10. The SMILES string of the molecule is NCC#Cc1ccccc1NC(=O)c1ccn[nH]1. The zero-order valence-corrected chi connectivity index (χ0v) is 9.60. The molecule has 0 aliphatic heterocycles. The molecule has 0 radical (unpaired) electrons. The van der Waals surface area contributed by atoms with Crippen LogP contribution >= 0.6 is 0 Å². The normalized spacial score (nSPS) is 9.39. The standard InChI is InChI=1S/C13H12N4O/c14-8-3-5-10-4-1-2-6-11(10)16-13(18)12-7-9-15-17-12/h1-2,4,6-7,9H,8,14H2,(H,15,17)(H,16,18). The molecule has 2 aromatic rings. The van der Waals surface area contributed by atoms with Gasteiger partial charge in [0.2, 0.25) is 0 Å². The number of para-hydroxylation sites is 1. The van der Waals surface area contributed by atoms with Crippen molar-refractivity contribution in [1.29, 1.82) is 0 Å².